The molecule has 0 aromatic carbocycles. The lowest BCUT2D eigenvalue weighted by Crippen LogP contribution is -2.40. The SMILES string of the molecule is Cc1cccc(C[C@H](C)NC(=O)CN(C)Cc2cccnc2)n1. The molecule has 2 heterocycles. The van der Waals surface area contributed by atoms with E-state index in [2.05, 4.69) is 15.3 Å². The maximum Gasteiger partial charge on any atom is 0.234 e. The van der Waals surface area contributed by atoms with Crippen LogP contribution >= 0.6 is 0 Å². The molecule has 0 bridgehead atoms. The molecule has 23 heavy (non-hydrogen) atoms. The number of aryl methyl sites for hydroxylation is 1. The minimum atomic E-state index is 0.0246. The van der Waals surface area contributed by atoms with Crippen molar-refractivity contribution in [1.82, 2.24) is 20.2 Å². The van der Waals surface area contributed by atoms with Crippen molar-refractivity contribution < 1.29 is 4.79 Å². The van der Waals surface area contributed by atoms with E-state index in [0.29, 0.717) is 13.1 Å². The zero-order chi connectivity index (χ0) is 16.7. The number of carbonyl (C=O) groups is 1. The largest absolute Gasteiger partial charge is 0.352 e. The van der Waals surface area contributed by atoms with E-state index in [1.807, 2.05) is 62.3 Å². The van der Waals surface area contributed by atoms with Gasteiger partial charge in [-0.3, -0.25) is 19.7 Å². The monoisotopic (exact) mass is 312 g/mol. The molecule has 0 unspecified atom stereocenters. The van der Waals surface area contributed by atoms with Gasteiger partial charge in [-0.1, -0.05) is 12.1 Å². The summed E-state index contributed by atoms with van der Waals surface area (Å²) in [5.41, 5.74) is 3.10. The molecule has 0 aliphatic rings. The molecular weight excluding hydrogens is 288 g/mol. The zero-order valence-electron chi connectivity index (χ0n) is 14.0. The molecule has 2 aromatic heterocycles. The van der Waals surface area contributed by atoms with Crippen molar-refractivity contribution in [2.24, 2.45) is 0 Å². The quantitative estimate of drug-likeness (QED) is 0.849. The van der Waals surface area contributed by atoms with Crippen molar-refractivity contribution in [2.75, 3.05) is 13.6 Å². The highest BCUT2D eigenvalue weighted by Gasteiger charge is 2.11. The lowest BCUT2D eigenvalue weighted by Gasteiger charge is -2.19. The molecule has 0 fully saturated rings. The number of hydrogen-bond donors (Lipinski definition) is 1. The predicted octanol–water partition coefficient (Wildman–Crippen LogP) is 1.96. The Balaban J connectivity index is 1.77. The summed E-state index contributed by atoms with van der Waals surface area (Å²) in [6, 6.07) is 9.93. The molecule has 0 aliphatic carbocycles. The van der Waals surface area contributed by atoms with Gasteiger partial charge in [0.2, 0.25) is 5.91 Å². The molecule has 0 aliphatic heterocycles. The topological polar surface area (TPSA) is 58.1 Å². The first-order valence-corrected chi connectivity index (χ1v) is 7.82. The summed E-state index contributed by atoms with van der Waals surface area (Å²) in [6.07, 6.45) is 4.30. The van der Waals surface area contributed by atoms with Gasteiger partial charge in [0.15, 0.2) is 0 Å². The van der Waals surface area contributed by atoms with Crippen LogP contribution in [0.15, 0.2) is 42.7 Å². The summed E-state index contributed by atoms with van der Waals surface area (Å²) in [5.74, 6) is 0.0246. The fourth-order valence-electron chi connectivity index (χ4n) is 2.50. The highest BCUT2D eigenvalue weighted by atomic mass is 16.2. The fourth-order valence-corrected chi connectivity index (χ4v) is 2.50. The fraction of sp³-hybridized carbons (Fsp3) is 0.389. The van der Waals surface area contributed by atoms with E-state index in [4.69, 9.17) is 0 Å². The van der Waals surface area contributed by atoms with E-state index >= 15 is 0 Å². The Hall–Kier alpha value is -2.27. The number of likely N-dealkylation sites (N-methyl/N-ethyl adjacent to an activating group) is 1. The molecule has 5 heteroatoms. The number of amides is 1. The van der Waals surface area contributed by atoms with Crippen molar-refractivity contribution in [3.8, 4) is 0 Å². The summed E-state index contributed by atoms with van der Waals surface area (Å²) in [5, 5.41) is 3.03. The van der Waals surface area contributed by atoms with E-state index in [-0.39, 0.29) is 11.9 Å². The first-order valence-electron chi connectivity index (χ1n) is 7.82. The minimum Gasteiger partial charge on any atom is -0.352 e. The maximum atomic E-state index is 12.1. The zero-order valence-corrected chi connectivity index (χ0v) is 14.0. The predicted molar refractivity (Wildman–Crippen MR) is 90.9 cm³/mol. The molecule has 2 aromatic rings. The van der Waals surface area contributed by atoms with Crippen molar-refractivity contribution in [2.45, 2.75) is 32.9 Å². The molecule has 2 rings (SSSR count). The third-order valence-electron chi connectivity index (χ3n) is 3.46. The van der Waals surface area contributed by atoms with E-state index in [9.17, 15) is 4.79 Å². The molecule has 0 radical (unpaired) electrons. The lowest BCUT2D eigenvalue weighted by molar-refractivity contribution is -0.122. The number of carbonyl (C=O) groups excluding carboxylic acids is 1. The van der Waals surface area contributed by atoms with Crippen LogP contribution in [0.4, 0.5) is 0 Å². The Morgan fingerprint density at radius 3 is 2.83 bits per heavy atom. The van der Waals surface area contributed by atoms with Crippen molar-refractivity contribution in [3.05, 3.63) is 59.7 Å². The number of nitrogens with zero attached hydrogens (tertiary/aromatic N) is 3. The number of pyridine rings is 2. The lowest BCUT2D eigenvalue weighted by atomic mass is 10.1. The smallest absolute Gasteiger partial charge is 0.234 e. The minimum absolute atomic E-state index is 0.0246. The summed E-state index contributed by atoms with van der Waals surface area (Å²) in [4.78, 5) is 22.7. The molecule has 0 saturated heterocycles. The Morgan fingerprint density at radius 2 is 2.13 bits per heavy atom. The molecular formula is C18H24N4O. The van der Waals surface area contributed by atoms with Gasteiger partial charge in [0.25, 0.3) is 0 Å². The Morgan fingerprint density at radius 1 is 1.30 bits per heavy atom. The van der Waals surface area contributed by atoms with Crippen LogP contribution in [0.1, 0.15) is 23.9 Å². The second-order valence-corrected chi connectivity index (χ2v) is 5.98. The summed E-state index contributed by atoms with van der Waals surface area (Å²) in [7, 11) is 1.93. The first kappa shape index (κ1) is 17.1. The summed E-state index contributed by atoms with van der Waals surface area (Å²) >= 11 is 0. The van der Waals surface area contributed by atoms with Crippen molar-refractivity contribution in [3.63, 3.8) is 0 Å². The Labute approximate surface area is 137 Å². The normalized spacial score (nSPS) is 12.2. The van der Waals surface area contributed by atoms with Crippen LogP contribution in [-0.4, -0.2) is 40.4 Å². The number of rotatable bonds is 7. The van der Waals surface area contributed by atoms with Gasteiger partial charge in [-0.05, 0) is 44.7 Å². The van der Waals surface area contributed by atoms with Gasteiger partial charge < -0.3 is 5.32 Å². The number of nitrogens with one attached hydrogen (secondary N) is 1. The third kappa shape index (κ3) is 6.16. The van der Waals surface area contributed by atoms with Crippen molar-refractivity contribution >= 4 is 5.91 Å². The van der Waals surface area contributed by atoms with Gasteiger partial charge in [-0.25, -0.2) is 0 Å². The number of aromatic nitrogens is 2. The van der Waals surface area contributed by atoms with E-state index in [0.717, 1.165) is 23.4 Å². The van der Waals surface area contributed by atoms with Crippen LogP contribution in [0.25, 0.3) is 0 Å². The van der Waals surface area contributed by atoms with Crippen LogP contribution < -0.4 is 5.32 Å². The highest BCUT2D eigenvalue weighted by Crippen LogP contribution is 2.03. The van der Waals surface area contributed by atoms with Crippen LogP contribution in [-0.2, 0) is 17.8 Å². The van der Waals surface area contributed by atoms with Gasteiger partial charge in [-0.15, -0.1) is 0 Å². The maximum absolute atomic E-state index is 12.1. The van der Waals surface area contributed by atoms with Gasteiger partial charge in [0, 0.05) is 42.8 Å². The second-order valence-electron chi connectivity index (χ2n) is 5.98. The molecule has 1 atom stereocenters. The Kier molecular flexibility index (Phi) is 6.23. The molecule has 122 valence electrons. The van der Waals surface area contributed by atoms with Gasteiger partial charge >= 0.3 is 0 Å². The first-order chi connectivity index (χ1) is 11.0. The molecule has 0 spiro atoms. The van der Waals surface area contributed by atoms with Crippen LogP contribution in [0.3, 0.4) is 0 Å². The van der Waals surface area contributed by atoms with E-state index < -0.39 is 0 Å². The average molecular weight is 312 g/mol. The second kappa shape index (κ2) is 8.39. The third-order valence-corrected chi connectivity index (χ3v) is 3.46. The average Bonchev–Trinajstić information content (AvgIpc) is 2.47. The van der Waals surface area contributed by atoms with Gasteiger partial charge in [0.05, 0.1) is 6.54 Å². The van der Waals surface area contributed by atoms with Crippen LogP contribution in [0, 0.1) is 6.92 Å². The van der Waals surface area contributed by atoms with E-state index in [1.165, 1.54) is 0 Å². The standard InChI is InChI=1S/C18H24N4O/c1-14-6-4-8-17(20-14)10-15(2)21-18(23)13-22(3)12-16-7-5-9-19-11-16/h4-9,11,15H,10,12-13H2,1-3H3,(H,21,23)/t15-/m0/s1. The van der Waals surface area contributed by atoms with Crippen molar-refractivity contribution in [1.29, 1.82) is 0 Å². The number of hydrogen-bond acceptors (Lipinski definition) is 4. The van der Waals surface area contributed by atoms with E-state index in [1.54, 1.807) is 6.20 Å². The van der Waals surface area contributed by atoms with Crippen LogP contribution in [0.5, 0.6) is 0 Å². The van der Waals surface area contributed by atoms with Gasteiger partial charge in [0.1, 0.15) is 0 Å². The Bertz CT molecular complexity index is 630. The molecule has 0 saturated carbocycles. The molecule has 1 amide bonds. The summed E-state index contributed by atoms with van der Waals surface area (Å²) in [6.45, 7) is 5.04. The van der Waals surface area contributed by atoms with Crippen LogP contribution in [0.2, 0.25) is 0 Å². The summed E-state index contributed by atoms with van der Waals surface area (Å²) < 4.78 is 0. The molecule has 5 nitrogen and oxygen atoms in total. The van der Waals surface area contributed by atoms with Gasteiger partial charge in [-0.2, -0.15) is 0 Å². The highest BCUT2D eigenvalue weighted by molar-refractivity contribution is 5.78. The molecule has 1 N–H and O–H groups in total.